The van der Waals surface area contributed by atoms with Gasteiger partial charge in [0.1, 0.15) is 28.1 Å². The molecule has 4 rings (SSSR count). The average Bonchev–Trinajstić information content (AvgIpc) is 2.69. The third-order valence-corrected chi connectivity index (χ3v) is 6.30. The molecule has 0 radical (unpaired) electrons. The largest absolute Gasteiger partial charge is 0.507 e. The summed E-state index contributed by atoms with van der Waals surface area (Å²) in [5, 5.41) is 42.2. The van der Waals surface area contributed by atoms with E-state index in [0.717, 1.165) is 5.57 Å². The Hall–Kier alpha value is -2.87. The topological polar surface area (TPSA) is 120 Å². The first-order chi connectivity index (χ1) is 14.9. The first kappa shape index (κ1) is 22.3. The third-order valence-electron chi connectivity index (χ3n) is 6.30. The van der Waals surface area contributed by atoms with Crippen molar-refractivity contribution < 1.29 is 29.6 Å². The highest BCUT2D eigenvalue weighted by Crippen LogP contribution is 2.44. The number of rotatable bonds is 4. The van der Waals surface area contributed by atoms with E-state index in [1.54, 1.807) is 26.0 Å². The van der Waals surface area contributed by atoms with Crippen molar-refractivity contribution in [2.75, 3.05) is 6.61 Å². The smallest absolute Gasteiger partial charge is 0.204 e. The molecule has 0 saturated carbocycles. The van der Waals surface area contributed by atoms with Gasteiger partial charge in [-0.1, -0.05) is 18.2 Å². The van der Waals surface area contributed by atoms with Crippen LogP contribution in [0.1, 0.15) is 43.6 Å². The Morgan fingerprint density at radius 3 is 2.62 bits per heavy atom. The molecular weight excluding hydrogens is 412 g/mol. The van der Waals surface area contributed by atoms with Crippen LogP contribution in [0.25, 0.3) is 21.9 Å². The molecule has 170 valence electrons. The van der Waals surface area contributed by atoms with Gasteiger partial charge in [0.15, 0.2) is 0 Å². The predicted octanol–water partition coefficient (Wildman–Crippen LogP) is 3.25. The lowest BCUT2D eigenvalue weighted by Crippen LogP contribution is -2.37. The summed E-state index contributed by atoms with van der Waals surface area (Å²) in [4.78, 5) is 13.6. The lowest BCUT2D eigenvalue weighted by Gasteiger charge is -2.32. The maximum atomic E-state index is 13.6. The summed E-state index contributed by atoms with van der Waals surface area (Å²) >= 11 is 0. The summed E-state index contributed by atoms with van der Waals surface area (Å²) in [6.45, 7) is 10.7. The Labute approximate surface area is 185 Å². The van der Waals surface area contributed by atoms with E-state index < -0.39 is 23.2 Å². The van der Waals surface area contributed by atoms with Gasteiger partial charge in [-0.15, -0.1) is 0 Å². The monoisotopic (exact) mass is 440 g/mol. The maximum Gasteiger partial charge on any atom is 0.204 e. The van der Waals surface area contributed by atoms with E-state index in [1.807, 2.05) is 0 Å². The van der Waals surface area contributed by atoms with Gasteiger partial charge in [0.05, 0.1) is 29.8 Å². The van der Waals surface area contributed by atoms with Crippen molar-refractivity contribution in [3.63, 3.8) is 0 Å². The van der Waals surface area contributed by atoms with E-state index in [9.17, 15) is 25.2 Å². The number of ether oxygens (including phenoxy) is 1. The standard InChI is InChI=1S/C25H28O7/c1-11(2)14-10-31-23-12(3)8-16-19(20(23)21(14)28)22(29)18-15(26)7-6-13(24(18)32-16)9-17(27)25(4,5)30/h6-8,14,17,21,26-28,30H,1,9-10H2,2-5H3/t14-,17-,21-/m1/s1. The first-order valence-electron chi connectivity index (χ1n) is 10.5. The summed E-state index contributed by atoms with van der Waals surface area (Å²) < 4.78 is 12.0. The molecule has 1 aromatic heterocycles. The molecule has 0 unspecified atom stereocenters. The fourth-order valence-electron chi connectivity index (χ4n) is 4.26. The number of hydrogen-bond acceptors (Lipinski definition) is 7. The highest BCUT2D eigenvalue weighted by molar-refractivity contribution is 5.97. The van der Waals surface area contributed by atoms with Crippen molar-refractivity contribution in [2.24, 2.45) is 5.92 Å². The van der Waals surface area contributed by atoms with Gasteiger partial charge in [-0.05, 0) is 51.0 Å². The summed E-state index contributed by atoms with van der Waals surface area (Å²) in [6.07, 6.45) is -2.11. The first-order valence-corrected chi connectivity index (χ1v) is 10.5. The molecule has 0 bridgehead atoms. The van der Waals surface area contributed by atoms with E-state index in [1.165, 1.54) is 19.9 Å². The Morgan fingerprint density at radius 1 is 1.31 bits per heavy atom. The lowest BCUT2D eigenvalue weighted by atomic mass is 9.85. The van der Waals surface area contributed by atoms with Crippen LogP contribution in [0.3, 0.4) is 0 Å². The number of benzene rings is 2. The number of aryl methyl sites for hydroxylation is 1. The lowest BCUT2D eigenvalue weighted by molar-refractivity contribution is -0.0468. The van der Waals surface area contributed by atoms with Crippen LogP contribution in [-0.2, 0) is 6.42 Å². The Kier molecular flexibility index (Phi) is 5.32. The van der Waals surface area contributed by atoms with Gasteiger partial charge in [0.2, 0.25) is 5.43 Å². The maximum absolute atomic E-state index is 13.6. The molecule has 4 N–H and O–H groups in total. The second kappa shape index (κ2) is 7.62. The van der Waals surface area contributed by atoms with Gasteiger partial charge in [-0.3, -0.25) is 4.79 Å². The zero-order valence-corrected chi connectivity index (χ0v) is 18.6. The average molecular weight is 440 g/mol. The molecule has 1 aliphatic rings. The molecule has 2 aromatic carbocycles. The number of aliphatic hydroxyl groups excluding tert-OH is 2. The van der Waals surface area contributed by atoms with Crippen molar-refractivity contribution >= 4 is 21.9 Å². The summed E-state index contributed by atoms with van der Waals surface area (Å²) in [6, 6.07) is 4.59. The second-order valence-electron chi connectivity index (χ2n) is 9.27. The quantitative estimate of drug-likeness (QED) is 0.363. The van der Waals surface area contributed by atoms with Gasteiger partial charge < -0.3 is 29.6 Å². The van der Waals surface area contributed by atoms with Crippen molar-refractivity contribution in [3.05, 3.63) is 57.3 Å². The molecule has 3 aromatic rings. The highest BCUT2D eigenvalue weighted by atomic mass is 16.5. The van der Waals surface area contributed by atoms with Crippen LogP contribution in [0.15, 0.2) is 39.6 Å². The number of aliphatic hydroxyl groups is 3. The van der Waals surface area contributed by atoms with E-state index in [2.05, 4.69) is 6.58 Å². The SMILES string of the molecule is C=C(C)[C@H]1COc2c(C)cc3oc4c(C[C@@H](O)C(C)(C)O)ccc(O)c4c(=O)c3c2[C@@H]1O. The van der Waals surface area contributed by atoms with Gasteiger partial charge in [-0.2, -0.15) is 0 Å². The zero-order chi connectivity index (χ0) is 23.5. The van der Waals surface area contributed by atoms with Crippen LogP contribution in [0.4, 0.5) is 0 Å². The summed E-state index contributed by atoms with van der Waals surface area (Å²) in [5.41, 5.74) is 0.743. The molecule has 1 aliphatic heterocycles. The normalized spacial score (nSPS) is 19.6. The summed E-state index contributed by atoms with van der Waals surface area (Å²) in [7, 11) is 0. The molecule has 7 nitrogen and oxygen atoms in total. The van der Waals surface area contributed by atoms with Crippen molar-refractivity contribution in [2.45, 2.75) is 51.9 Å². The van der Waals surface area contributed by atoms with Crippen molar-refractivity contribution in [1.29, 1.82) is 0 Å². The number of aromatic hydroxyl groups is 1. The fraction of sp³-hybridized carbons (Fsp3) is 0.400. The van der Waals surface area contributed by atoms with Gasteiger partial charge in [0, 0.05) is 17.9 Å². The molecular formula is C25H28O7. The molecule has 0 spiro atoms. The van der Waals surface area contributed by atoms with Crippen LogP contribution < -0.4 is 10.2 Å². The molecule has 3 atom stereocenters. The van der Waals surface area contributed by atoms with Crippen LogP contribution in [0, 0.1) is 12.8 Å². The zero-order valence-electron chi connectivity index (χ0n) is 18.6. The van der Waals surface area contributed by atoms with E-state index in [0.29, 0.717) is 22.4 Å². The van der Waals surface area contributed by atoms with E-state index in [-0.39, 0.29) is 46.6 Å². The molecule has 2 heterocycles. The minimum Gasteiger partial charge on any atom is -0.507 e. The van der Waals surface area contributed by atoms with Gasteiger partial charge in [-0.25, -0.2) is 0 Å². The van der Waals surface area contributed by atoms with Crippen LogP contribution >= 0.6 is 0 Å². The third kappa shape index (κ3) is 3.46. The fourth-order valence-corrected chi connectivity index (χ4v) is 4.26. The van der Waals surface area contributed by atoms with Gasteiger partial charge in [0.25, 0.3) is 0 Å². The molecule has 0 fully saturated rings. The number of hydrogen-bond donors (Lipinski definition) is 4. The van der Waals surface area contributed by atoms with Crippen molar-refractivity contribution in [1.82, 2.24) is 0 Å². The predicted molar refractivity (Wildman–Crippen MR) is 121 cm³/mol. The minimum absolute atomic E-state index is 0.0160. The van der Waals surface area contributed by atoms with Gasteiger partial charge >= 0.3 is 0 Å². The highest BCUT2D eigenvalue weighted by Gasteiger charge is 2.35. The Bertz CT molecular complexity index is 1300. The number of phenolic OH excluding ortho intramolecular Hbond substituents is 1. The molecule has 32 heavy (non-hydrogen) atoms. The van der Waals surface area contributed by atoms with Crippen LogP contribution in [0.5, 0.6) is 11.5 Å². The minimum atomic E-state index is -1.37. The van der Waals surface area contributed by atoms with Crippen LogP contribution in [0.2, 0.25) is 0 Å². The Balaban J connectivity index is 2.05. The Morgan fingerprint density at radius 2 is 2.00 bits per heavy atom. The number of fused-ring (bicyclic) bond motifs is 4. The molecule has 0 saturated heterocycles. The summed E-state index contributed by atoms with van der Waals surface area (Å²) in [5.74, 6) is -0.221. The van der Waals surface area contributed by atoms with Crippen LogP contribution in [-0.4, -0.2) is 38.7 Å². The van der Waals surface area contributed by atoms with Crippen molar-refractivity contribution in [3.8, 4) is 11.5 Å². The molecule has 0 amide bonds. The van der Waals surface area contributed by atoms with E-state index >= 15 is 0 Å². The second-order valence-corrected chi connectivity index (χ2v) is 9.27. The molecule has 7 heteroatoms. The molecule has 0 aliphatic carbocycles. The number of phenols is 1. The van der Waals surface area contributed by atoms with E-state index in [4.69, 9.17) is 9.15 Å².